The number of carbonyl (C=O) groups is 6. The Hall–Kier alpha value is 0.870. The minimum absolute atomic E-state index is 0. The van der Waals surface area contributed by atoms with Gasteiger partial charge in [-0.1, -0.05) is 0 Å². The summed E-state index contributed by atoms with van der Waals surface area (Å²) in [7, 11) is 0. The first-order valence-electron chi connectivity index (χ1n) is 6.62. The topological polar surface area (TPSA) is 199 Å². The minimum Gasteiger partial charge on any atom is -0.550 e. The van der Waals surface area contributed by atoms with Gasteiger partial charge in [0, 0.05) is 56.6 Å². The molecule has 0 N–H and O–H groups in total. The summed E-state index contributed by atoms with van der Waals surface area (Å²) in [5.41, 5.74) is 0. The first-order chi connectivity index (χ1) is 12.5. The quantitative estimate of drug-likeness (QED) is 0.113. The van der Waals surface area contributed by atoms with E-state index in [1.165, 1.54) is 0 Å². The van der Waals surface area contributed by atoms with Crippen LogP contribution in [-0.2, 0) is 41.3 Å². The van der Waals surface area contributed by atoms with Gasteiger partial charge in [-0.2, -0.15) is 0 Å². The molecular formula is C12H15Na3O12S3. The Bertz CT molecular complexity index is 451. The third-order valence-electron chi connectivity index (χ3n) is 1.91. The molecule has 0 heterocycles. The van der Waals surface area contributed by atoms with Gasteiger partial charge < -0.3 is 42.3 Å². The minimum atomic E-state index is -1.27. The van der Waals surface area contributed by atoms with E-state index >= 15 is 0 Å². The maximum Gasteiger partial charge on any atom is 1.00 e. The van der Waals surface area contributed by atoms with E-state index in [9.17, 15) is 44.1 Å². The first-order valence-corrected chi connectivity index (χ1v) is 7.71. The van der Waals surface area contributed by atoms with Crippen LogP contribution in [0.5, 0.6) is 0 Å². The second-order valence-electron chi connectivity index (χ2n) is 4.01. The normalized spacial score (nSPS) is 7.70. The summed E-state index contributed by atoms with van der Waals surface area (Å²) in [4.78, 5) is 59.4. The van der Waals surface area contributed by atoms with Gasteiger partial charge in [-0.3, -0.25) is 14.4 Å². The van der Waals surface area contributed by atoms with E-state index in [4.69, 9.17) is 0 Å². The molecule has 0 radical (unpaired) electrons. The van der Waals surface area contributed by atoms with Crippen LogP contribution in [0, 0.1) is 0 Å². The predicted octanol–water partition coefficient (Wildman–Crippen LogP) is -12.3. The average Bonchev–Trinajstić information content (AvgIpc) is 2.62. The average molecular weight is 516 g/mol. The van der Waals surface area contributed by atoms with Crippen molar-refractivity contribution in [2.24, 2.45) is 0 Å². The Balaban J connectivity index is -0.0000000686. The molecule has 0 saturated carbocycles. The van der Waals surface area contributed by atoms with Gasteiger partial charge in [0.05, 0.1) is 19.3 Å². The first kappa shape index (κ1) is 44.5. The van der Waals surface area contributed by atoms with Crippen LogP contribution in [0.1, 0.15) is 38.5 Å². The Kier molecular flexibility index (Phi) is 47.6. The van der Waals surface area contributed by atoms with Crippen LogP contribution in [0.15, 0.2) is 0 Å². The molecule has 0 bridgehead atoms. The van der Waals surface area contributed by atoms with Crippen molar-refractivity contribution in [1.82, 2.24) is 0 Å². The zero-order valence-electron chi connectivity index (χ0n) is 16.5. The van der Waals surface area contributed by atoms with Crippen LogP contribution in [0.2, 0.25) is 0 Å². The van der Waals surface area contributed by atoms with Crippen molar-refractivity contribution in [3.8, 4) is 0 Å². The van der Waals surface area contributed by atoms with Gasteiger partial charge in [-0.25, -0.2) is 0 Å². The van der Waals surface area contributed by atoms with E-state index in [0.717, 1.165) is 0 Å². The number of carboxylic acids is 3. The molecule has 18 heteroatoms. The van der Waals surface area contributed by atoms with E-state index in [0.29, 0.717) is 0 Å². The molecule has 0 aromatic carbocycles. The monoisotopic (exact) mass is 516 g/mol. The van der Waals surface area contributed by atoms with Crippen LogP contribution < -0.4 is 104 Å². The smallest absolute Gasteiger partial charge is 0.550 e. The van der Waals surface area contributed by atoms with Gasteiger partial charge >= 0.3 is 107 Å². The van der Waals surface area contributed by atoms with Gasteiger partial charge in [0.25, 0.3) is 0 Å². The summed E-state index contributed by atoms with van der Waals surface area (Å²) in [5.74, 6) is -5.80. The van der Waals surface area contributed by atoms with Crippen LogP contribution >= 0.6 is 38.7 Å². The molecule has 0 fully saturated rings. The van der Waals surface area contributed by atoms with Crippen molar-refractivity contribution in [3.05, 3.63) is 0 Å². The molecule has 0 amide bonds. The van der Waals surface area contributed by atoms with Gasteiger partial charge in [0.2, 0.25) is 0 Å². The molecule has 0 aliphatic carbocycles. The summed E-state index contributed by atoms with van der Waals surface area (Å²) in [6.07, 6.45) is -1.53. The van der Waals surface area contributed by atoms with Gasteiger partial charge in [0.1, 0.15) is 0 Å². The summed E-state index contributed by atoms with van der Waals surface area (Å²) >= 11 is 9.47. The number of thiol groups is 3. The van der Waals surface area contributed by atoms with Crippen LogP contribution in [-0.4, -0.2) is 35.8 Å². The molecule has 0 atom stereocenters. The molecule has 0 aromatic rings. The Morgan fingerprint density at radius 1 is 0.467 bits per heavy atom. The summed E-state index contributed by atoms with van der Waals surface area (Å²) in [6.45, 7) is 0. The second-order valence-corrected chi connectivity index (χ2v) is 4.55. The number of hydrogen-bond acceptors (Lipinski definition) is 15. The standard InChI is InChI=1S/3C4H6O4S.3Na/c3*5-3(6)1-2-4(7)8-9;;;/h3*9H,1-2H2,(H,5,6);;;/q;;;3*+1/p-3. The summed E-state index contributed by atoms with van der Waals surface area (Å²) < 4.78 is 11.6. The van der Waals surface area contributed by atoms with E-state index in [2.05, 4.69) is 51.3 Å². The maximum absolute atomic E-state index is 10.1. The van der Waals surface area contributed by atoms with Crippen LogP contribution in [0.25, 0.3) is 0 Å². The number of carbonyl (C=O) groups excluding carboxylic acids is 6. The van der Waals surface area contributed by atoms with Crippen molar-refractivity contribution < 1.29 is 145 Å². The molecule has 0 spiro atoms. The van der Waals surface area contributed by atoms with E-state index < -0.39 is 35.8 Å². The Morgan fingerprint density at radius 3 is 0.733 bits per heavy atom. The molecular weight excluding hydrogens is 501 g/mol. The van der Waals surface area contributed by atoms with Crippen molar-refractivity contribution in [3.63, 3.8) is 0 Å². The summed E-state index contributed by atoms with van der Waals surface area (Å²) in [5, 5.41) is 29.0. The largest absolute Gasteiger partial charge is 1.00 e. The molecule has 0 aromatic heterocycles. The Morgan fingerprint density at radius 2 is 0.633 bits per heavy atom. The van der Waals surface area contributed by atoms with Crippen LogP contribution in [0.4, 0.5) is 0 Å². The van der Waals surface area contributed by atoms with E-state index in [1.807, 2.05) is 0 Å². The van der Waals surface area contributed by atoms with Crippen molar-refractivity contribution in [1.29, 1.82) is 0 Å². The molecule has 0 aliphatic heterocycles. The molecule has 0 unspecified atom stereocenters. The summed E-state index contributed by atoms with van der Waals surface area (Å²) in [6, 6.07) is 0. The fraction of sp³-hybridized carbons (Fsp3) is 0.500. The van der Waals surface area contributed by atoms with Crippen LogP contribution in [0.3, 0.4) is 0 Å². The zero-order valence-corrected chi connectivity index (χ0v) is 25.2. The van der Waals surface area contributed by atoms with E-state index in [1.54, 1.807) is 0 Å². The second kappa shape index (κ2) is 32.1. The number of hydrogen-bond donors (Lipinski definition) is 3. The number of aliphatic carboxylic acids is 3. The Labute approximate surface area is 255 Å². The van der Waals surface area contributed by atoms with E-state index in [-0.39, 0.29) is 127 Å². The van der Waals surface area contributed by atoms with Crippen molar-refractivity contribution in [2.45, 2.75) is 38.5 Å². The zero-order chi connectivity index (χ0) is 21.8. The SMILES string of the molecule is O=C([O-])CCC(=O)OS.O=C([O-])CCC(=O)OS.O=C([O-])CCC(=O)OS.[Na+].[Na+].[Na+]. The van der Waals surface area contributed by atoms with Crippen molar-refractivity contribution >= 4 is 74.5 Å². The van der Waals surface area contributed by atoms with Gasteiger partial charge in [-0.15, -0.1) is 0 Å². The fourth-order valence-electron chi connectivity index (χ4n) is 0.749. The third kappa shape index (κ3) is 46.9. The number of rotatable bonds is 9. The molecule has 156 valence electrons. The third-order valence-corrected chi connectivity index (χ3v) is 2.52. The maximum atomic E-state index is 10.1. The molecule has 0 rings (SSSR count). The van der Waals surface area contributed by atoms with Gasteiger partial charge in [-0.05, 0) is 19.3 Å². The van der Waals surface area contributed by atoms with Gasteiger partial charge in [0.15, 0.2) is 0 Å². The number of carboxylic acid groups (broad SMARTS) is 3. The van der Waals surface area contributed by atoms with Crippen molar-refractivity contribution in [2.75, 3.05) is 0 Å². The fourth-order valence-corrected chi connectivity index (χ4v) is 1.02. The molecule has 0 saturated heterocycles. The molecule has 12 nitrogen and oxygen atoms in total. The molecule has 0 aliphatic rings. The molecule has 30 heavy (non-hydrogen) atoms. The predicted molar refractivity (Wildman–Crippen MR) is 88.0 cm³/mol.